The molecule has 9 heteroatoms. The highest BCUT2D eigenvalue weighted by molar-refractivity contribution is 7.86. The molecule has 166 valence electrons. The van der Waals surface area contributed by atoms with E-state index in [9.17, 15) is 13.2 Å². The van der Waals surface area contributed by atoms with E-state index >= 15 is 0 Å². The van der Waals surface area contributed by atoms with Crippen molar-refractivity contribution >= 4 is 21.8 Å². The Bertz CT molecular complexity index is 857. The number of carbonyl (C=O) groups is 1. The minimum Gasteiger partial charge on any atom is -0.491 e. The molecule has 0 saturated carbocycles. The molecule has 8 nitrogen and oxygen atoms in total. The van der Waals surface area contributed by atoms with Crippen LogP contribution in [0.4, 0.5) is 5.69 Å². The van der Waals surface area contributed by atoms with Crippen LogP contribution < -0.4 is 9.64 Å². The summed E-state index contributed by atoms with van der Waals surface area (Å²) in [6.45, 7) is 7.07. The fourth-order valence-electron chi connectivity index (χ4n) is 4.59. The van der Waals surface area contributed by atoms with E-state index in [0.29, 0.717) is 58.8 Å². The first-order valence-electron chi connectivity index (χ1n) is 10.7. The molecule has 4 rings (SSSR count). The Labute approximate surface area is 178 Å². The van der Waals surface area contributed by atoms with Crippen LogP contribution in [0.1, 0.15) is 33.1 Å². The van der Waals surface area contributed by atoms with Crippen molar-refractivity contribution < 1.29 is 22.7 Å². The molecule has 3 aliphatic heterocycles. The van der Waals surface area contributed by atoms with Gasteiger partial charge in [0.2, 0.25) is 5.91 Å². The Kier molecular flexibility index (Phi) is 6.07. The van der Waals surface area contributed by atoms with E-state index in [-0.39, 0.29) is 12.0 Å². The predicted octanol–water partition coefficient (Wildman–Crippen LogP) is 1.87. The van der Waals surface area contributed by atoms with Gasteiger partial charge in [-0.05, 0) is 57.4 Å². The Morgan fingerprint density at radius 1 is 0.933 bits per heavy atom. The lowest BCUT2D eigenvalue weighted by molar-refractivity contribution is -0.127. The topological polar surface area (TPSA) is 79.4 Å². The summed E-state index contributed by atoms with van der Waals surface area (Å²) < 4.78 is 39.8. The number of morpholine rings is 1. The van der Waals surface area contributed by atoms with E-state index in [4.69, 9.17) is 9.47 Å². The van der Waals surface area contributed by atoms with Gasteiger partial charge in [0.25, 0.3) is 10.2 Å². The van der Waals surface area contributed by atoms with Gasteiger partial charge in [-0.2, -0.15) is 17.0 Å². The normalized spacial score (nSPS) is 23.4. The Morgan fingerprint density at radius 3 is 2.10 bits per heavy atom. The maximum absolute atomic E-state index is 13.3. The van der Waals surface area contributed by atoms with Gasteiger partial charge in [-0.25, -0.2) is 0 Å². The monoisotopic (exact) mass is 437 g/mol. The average Bonchev–Trinajstić information content (AvgIpc) is 3.05. The zero-order valence-electron chi connectivity index (χ0n) is 17.7. The van der Waals surface area contributed by atoms with Crippen LogP contribution >= 0.6 is 0 Å². The third-order valence-electron chi connectivity index (χ3n) is 6.34. The van der Waals surface area contributed by atoms with E-state index in [2.05, 4.69) is 0 Å². The molecule has 30 heavy (non-hydrogen) atoms. The summed E-state index contributed by atoms with van der Waals surface area (Å²) >= 11 is 0. The molecule has 0 aliphatic carbocycles. The molecule has 0 aromatic heterocycles. The molecular formula is C21H31N3O5S. The van der Waals surface area contributed by atoms with Crippen LogP contribution in [0.3, 0.4) is 0 Å². The van der Waals surface area contributed by atoms with Crippen LogP contribution in [-0.4, -0.2) is 75.0 Å². The molecule has 0 N–H and O–H groups in total. The SMILES string of the molecule is CC(C)Oc1ccc(N2CCC3(CCN(S(=O)(=O)N4CCOCC4)CC3)C2=O)cc1. The summed E-state index contributed by atoms with van der Waals surface area (Å²) in [6, 6.07) is 7.63. The largest absolute Gasteiger partial charge is 0.491 e. The maximum atomic E-state index is 13.3. The molecule has 1 amide bonds. The maximum Gasteiger partial charge on any atom is 0.282 e. The molecule has 1 spiro atoms. The highest BCUT2D eigenvalue weighted by Gasteiger charge is 2.50. The van der Waals surface area contributed by atoms with Crippen molar-refractivity contribution in [3.8, 4) is 5.75 Å². The zero-order valence-corrected chi connectivity index (χ0v) is 18.6. The number of hydrogen-bond donors (Lipinski definition) is 0. The molecule has 0 radical (unpaired) electrons. The van der Waals surface area contributed by atoms with Gasteiger partial charge < -0.3 is 14.4 Å². The molecule has 3 saturated heterocycles. The van der Waals surface area contributed by atoms with Crippen molar-refractivity contribution in [1.82, 2.24) is 8.61 Å². The number of anilines is 1. The smallest absolute Gasteiger partial charge is 0.282 e. The first kappa shape index (κ1) is 21.5. The van der Waals surface area contributed by atoms with Crippen molar-refractivity contribution in [3.63, 3.8) is 0 Å². The lowest BCUT2D eigenvalue weighted by atomic mass is 9.77. The summed E-state index contributed by atoms with van der Waals surface area (Å²) in [7, 11) is -3.48. The number of hydrogen-bond acceptors (Lipinski definition) is 5. The van der Waals surface area contributed by atoms with Gasteiger partial charge in [-0.15, -0.1) is 0 Å². The molecule has 0 bridgehead atoms. The van der Waals surface area contributed by atoms with Crippen LogP contribution in [0.15, 0.2) is 24.3 Å². The molecule has 1 aromatic carbocycles. The van der Waals surface area contributed by atoms with Gasteiger partial charge in [0, 0.05) is 38.4 Å². The molecule has 0 atom stereocenters. The number of rotatable bonds is 5. The molecule has 3 heterocycles. The van der Waals surface area contributed by atoms with Crippen LogP contribution in [-0.2, 0) is 19.7 Å². The third-order valence-corrected chi connectivity index (χ3v) is 8.37. The first-order chi connectivity index (χ1) is 14.3. The number of ether oxygens (including phenoxy) is 2. The van der Waals surface area contributed by atoms with Gasteiger partial charge in [0.05, 0.1) is 24.7 Å². The predicted molar refractivity (Wildman–Crippen MR) is 114 cm³/mol. The Morgan fingerprint density at radius 2 is 1.50 bits per heavy atom. The van der Waals surface area contributed by atoms with Crippen LogP contribution in [0, 0.1) is 5.41 Å². The van der Waals surface area contributed by atoms with E-state index in [1.165, 1.54) is 8.61 Å². The van der Waals surface area contributed by atoms with Crippen molar-refractivity contribution in [2.45, 2.75) is 39.2 Å². The van der Waals surface area contributed by atoms with Gasteiger partial charge in [0.15, 0.2) is 0 Å². The van der Waals surface area contributed by atoms with Gasteiger partial charge in [-0.1, -0.05) is 0 Å². The summed E-state index contributed by atoms with van der Waals surface area (Å²) in [5.41, 5.74) is 0.417. The van der Waals surface area contributed by atoms with Crippen molar-refractivity contribution in [2.24, 2.45) is 5.41 Å². The van der Waals surface area contributed by atoms with Crippen molar-refractivity contribution in [2.75, 3.05) is 50.8 Å². The Balaban J connectivity index is 1.40. The number of piperidine rings is 1. The molecule has 1 aromatic rings. The van der Waals surface area contributed by atoms with Crippen LogP contribution in [0.5, 0.6) is 5.75 Å². The van der Waals surface area contributed by atoms with Crippen LogP contribution in [0.2, 0.25) is 0 Å². The lowest BCUT2D eigenvalue weighted by Gasteiger charge is -2.39. The number of nitrogens with zero attached hydrogens (tertiary/aromatic N) is 3. The second-order valence-electron chi connectivity index (χ2n) is 8.57. The highest BCUT2D eigenvalue weighted by Crippen LogP contribution is 2.44. The molecule has 3 fully saturated rings. The van der Waals surface area contributed by atoms with Gasteiger partial charge in [0.1, 0.15) is 5.75 Å². The van der Waals surface area contributed by atoms with E-state index in [0.717, 1.165) is 17.9 Å². The van der Waals surface area contributed by atoms with Crippen LogP contribution in [0.25, 0.3) is 0 Å². The minimum absolute atomic E-state index is 0.103. The fourth-order valence-corrected chi connectivity index (χ4v) is 6.17. The summed E-state index contributed by atoms with van der Waals surface area (Å²) in [5, 5.41) is 0. The molecule has 0 unspecified atom stereocenters. The van der Waals surface area contributed by atoms with Crippen molar-refractivity contribution in [1.29, 1.82) is 0 Å². The van der Waals surface area contributed by atoms with E-state index in [1.54, 1.807) is 0 Å². The quantitative estimate of drug-likeness (QED) is 0.703. The average molecular weight is 438 g/mol. The van der Waals surface area contributed by atoms with Gasteiger partial charge in [-0.3, -0.25) is 4.79 Å². The van der Waals surface area contributed by atoms with Crippen molar-refractivity contribution in [3.05, 3.63) is 24.3 Å². The second-order valence-corrected chi connectivity index (χ2v) is 10.5. The minimum atomic E-state index is -3.48. The standard InChI is InChI=1S/C21H31N3O5S/c1-17(2)29-19-5-3-18(4-6-19)24-12-9-21(20(24)25)7-10-22(11-8-21)30(26,27)23-13-15-28-16-14-23/h3-6,17H,7-16H2,1-2H3. The highest BCUT2D eigenvalue weighted by atomic mass is 32.2. The fraction of sp³-hybridized carbons (Fsp3) is 0.667. The van der Waals surface area contributed by atoms with Gasteiger partial charge >= 0.3 is 0 Å². The summed E-state index contributed by atoms with van der Waals surface area (Å²) in [4.78, 5) is 15.1. The number of carbonyl (C=O) groups excluding carboxylic acids is 1. The third kappa shape index (κ3) is 4.08. The van der Waals surface area contributed by atoms with E-state index in [1.807, 2.05) is 43.0 Å². The molecule has 3 aliphatic rings. The second kappa shape index (κ2) is 8.45. The number of benzene rings is 1. The first-order valence-corrected chi connectivity index (χ1v) is 12.1. The summed E-state index contributed by atoms with van der Waals surface area (Å²) in [5.74, 6) is 0.903. The molecular weight excluding hydrogens is 406 g/mol. The Hall–Kier alpha value is -1.68. The van der Waals surface area contributed by atoms with E-state index < -0.39 is 15.6 Å². The number of amides is 1. The zero-order chi connectivity index (χ0) is 21.4. The summed E-state index contributed by atoms with van der Waals surface area (Å²) in [6.07, 6.45) is 2.01. The lowest BCUT2D eigenvalue weighted by Crippen LogP contribution is -2.53.